The number of hydrogen-bond acceptors (Lipinski definition) is 46. The second-order valence-corrected chi connectivity index (χ2v) is 27.8. The van der Waals surface area contributed by atoms with E-state index in [0.29, 0.717) is 27.7 Å². The number of guanidine groups is 2. The summed E-state index contributed by atoms with van der Waals surface area (Å²) in [5.41, 5.74) is 24.7. The number of nitrogens with two attached hydrogens (primary N) is 4. The van der Waals surface area contributed by atoms with E-state index >= 15 is 0 Å². The number of aliphatic hydroxyl groups is 23. The highest BCUT2D eigenvalue weighted by Gasteiger charge is 2.58. The first-order chi connectivity index (χ1) is 57.0. The number of halogens is 2. The molecule has 0 spiro atoms. The Kier molecular flexibility index (Phi) is 40.5. The number of carbonyl (C=O) groups is 2. The molecule has 58 heteroatoms. The van der Waals surface area contributed by atoms with Crippen molar-refractivity contribution in [3.63, 3.8) is 0 Å². The van der Waals surface area contributed by atoms with Crippen LogP contribution in [-0.4, -0.2) is 445 Å². The number of aromatic nitrogens is 2. The maximum Gasteiger partial charge on any atom is 0.357 e. The molecule has 688 valence electrons. The molecule has 56 nitrogen and oxygen atoms in total. The van der Waals surface area contributed by atoms with E-state index in [1.165, 1.54) is 11.7 Å². The Morgan fingerprint density at radius 3 is 1.27 bits per heavy atom. The van der Waals surface area contributed by atoms with Gasteiger partial charge in [0.15, 0.2) is 49.7 Å². The van der Waals surface area contributed by atoms with Crippen molar-refractivity contribution in [2.45, 2.75) is 228 Å². The largest absolute Gasteiger partial charge is 0.476 e. The van der Waals surface area contributed by atoms with Crippen molar-refractivity contribution < 1.29 is 209 Å². The van der Waals surface area contributed by atoms with Crippen molar-refractivity contribution >= 4 is 70.0 Å². The summed E-state index contributed by atoms with van der Waals surface area (Å²) in [5, 5.41) is 298. The second kappa shape index (κ2) is 47.8. The first kappa shape index (κ1) is 103. The predicted octanol–water partition coefficient (Wildman–Crippen LogP) is -15.4. The van der Waals surface area contributed by atoms with Gasteiger partial charge in [-0.3, -0.25) is 15.3 Å². The Bertz CT molecular complexity index is 3820. The number of para-hydroxylation sites is 1. The number of carboxylic acid groups (broad SMARTS) is 1. The smallest absolute Gasteiger partial charge is 0.357 e. The number of aliphatic hydroxyl groups excluding tert-OH is 23. The Balaban J connectivity index is 0.000000424. The highest BCUT2D eigenvalue weighted by atomic mass is 35.5. The van der Waals surface area contributed by atoms with Gasteiger partial charge in [-0.1, -0.05) is 47.5 Å². The lowest BCUT2D eigenvalue weighted by Crippen LogP contribution is -2.68. The number of hydrogen-bond donors (Lipinski definition) is 33. The van der Waals surface area contributed by atoms with Gasteiger partial charge >= 0.3 is 12.0 Å². The lowest BCUT2D eigenvalue weighted by atomic mass is 9.95. The van der Waals surface area contributed by atoms with Crippen molar-refractivity contribution in [1.82, 2.24) is 20.7 Å². The van der Waals surface area contributed by atoms with Crippen LogP contribution in [-0.2, 0) is 68.1 Å². The number of fused-ring (bicyclic) bond motifs is 1. The standard InChI is InChI=1S/C42H72O36.C15H10Cl2N2O2.C5H12N8.CH4N2O2.HNO3/c43-1-8-15(48)22(55)25(58)37(69-8)66-6-13-20(53)32(28(61)36(65)68-13)75-40-29(62)33(18(51)11(4-46)72-40)77-41-30(63)34(19(52)12(5-47)73-41)78-42-31(64)35(76-39-27(60)24(57)17(50)10(3-45)71-39)21(54)14(74-42)7-67-38-26(59)23(56)16(49)9(2-44)70-38;16-10-6-5-9(12(17)7-10)8-19-13-4-2-1-3-11(13)14(18-19)15(20)21;1-3(11-13-5(8)9)2-10-12-4(6)7;2-1(4)3-5;2-1(3)4/h8-65H,1-7H2;1-7H,8H2,(H,20,21);2H,1H3,(H4,6,7,12)(H4,8,9,13);5H,(H3,2,3,4);(H,2,3,4)/b;;10-2+,11-3+;;/t8-,9-,10-,11-,12-,13-,14-,15-,16-,17-,18-,19-,20-,21-,22+,23+,24+,25-,26-,27-,28-,29-,30-,31-,32+,33+,34+,35+,36-,37-,38-,39+,40+,41+,42+;;;;/m1..../s1. The zero-order chi connectivity index (χ0) is 90.5. The number of hydrazone groups is 1. The minimum atomic E-state index is -2.35. The van der Waals surface area contributed by atoms with Crippen LogP contribution in [0, 0.1) is 15.5 Å². The number of carbonyl (C=O) groups excluding carboxylic acids is 1. The van der Waals surface area contributed by atoms with E-state index < -0.39 is 278 Å². The third-order valence-corrected chi connectivity index (χ3v) is 19.2. The Hall–Kier alpha value is -7.17. The third-order valence-electron chi connectivity index (χ3n) is 18.6. The summed E-state index contributed by atoms with van der Waals surface area (Å²) in [6.45, 7) is -4.55. The van der Waals surface area contributed by atoms with Gasteiger partial charge in [-0.05, 0) is 30.7 Å². The second-order valence-electron chi connectivity index (χ2n) is 27.0. The van der Waals surface area contributed by atoms with E-state index in [-0.39, 0.29) is 17.6 Å². The summed E-state index contributed by atoms with van der Waals surface area (Å²) in [7, 11) is 0. The zero-order valence-electron chi connectivity index (χ0n) is 62.8. The van der Waals surface area contributed by atoms with Crippen LogP contribution < -0.4 is 33.8 Å². The fraction of sp³-hybridized carbons (Fsp3) is 0.698. The highest BCUT2D eigenvalue weighted by molar-refractivity contribution is 6.35. The minimum Gasteiger partial charge on any atom is -0.476 e. The maximum absolute atomic E-state index is 11.8. The van der Waals surface area contributed by atoms with Gasteiger partial charge in [-0.15, -0.1) is 15.2 Å². The molecule has 0 saturated carbocycles. The number of rotatable bonds is 25. The van der Waals surface area contributed by atoms with Crippen molar-refractivity contribution in [3.8, 4) is 0 Å². The summed E-state index contributed by atoms with van der Waals surface area (Å²) in [4.78, 5) is 28.9. The number of nitrogens with one attached hydrogen (secondary N) is 3. The third kappa shape index (κ3) is 27.2. The summed E-state index contributed by atoms with van der Waals surface area (Å²) >= 11 is 12.0. The van der Waals surface area contributed by atoms with Crippen molar-refractivity contribution in [2.24, 2.45) is 38.2 Å². The molecule has 35 atom stereocenters. The van der Waals surface area contributed by atoms with Gasteiger partial charge in [0, 0.05) is 15.4 Å². The molecule has 8 heterocycles. The van der Waals surface area contributed by atoms with E-state index in [9.17, 15) is 132 Å². The van der Waals surface area contributed by atoms with Crippen LogP contribution in [0.1, 0.15) is 23.0 Å². The normalized spacial score (nSPS) is 38.1. The summed E-state index contributed by atoms with van der Waals surface area (Å²) in [6.07, 6.45) is -68.1. The number of nitrogens with zero attached hydrogens (tertiary/aromatic N) is 6. The number of hydroxylamine groups is 1. The molecule has 0 bridgehead atoms. The first-order valence-electron chi connectivity index (χ1n) is 35.7. The molecule has 10 rings (SSSR count). The fourth-order valence-electron chi connectivity index (χ4n) is 12.3. The number of ether oxygens (including phenoxy) is 13. The molecule has 121 heavy (non-hydrogen) atoms. The molecule has 7 aliphatic rings. The number of carboxylic acids is 1. The van der Waals surface area contributed by atoms with E-state index in [0.717, 1.165) is 11.1 Å². The van der Waals surface area contributed by atoms with Crippen LogP contribution in [0.2, 0.25) is 10.0 Å². The van der Waals surface area contributed by atoms with Crippen LogP contribution in [0.5, 0.6) is 0 Å². The first-order valence-corrected chi connectivity index (χ1v) is 36.4. The number of aromatic carboxylic acids is 1. The monoisotopic (exact) mass is 1800 g/mol. The van der Waals surface area contributed by atoms with E-state index in [4.69, 9.17) is 128 Å². The molecule has 0 aliphatic carbocycles. The molecular weight excluding hydrogens is 1700 g/mol. The van der Waals surface area contributed by atoms with Crippen LogP contribution in [0.4, 0.5) is 4.79 Å². The lowest BCUT2D eigenvalue weighted by Gasteiger charge is -2.50. The van der Waals surface area contributed by atoms with Crippen LogP contribution in [0.15, 0.2) is 57.8 Å². The van der Waals surface area contributed by atoms with E-state index in [1.807, 2.05) is 18.2 Å². The van der Waals surface area contributed by atoms with Gasteiger partial charge in [0.1, 0.15) is 171 Å². The quantitative estimate of drug-likeness (QED) is 0.0123. The molecule has 7 fully saturated rings. The van der Waals surface area contributed by atoms with Crippen molar-refractivity contribution in [3.05, 3.63) is 73.9 Å². The zero-order valence-corrected chi connectivity index (χ0v) is 64.3. The number of primary amides is 1. The molecule has 1 aromatic heterocycles. The summed E-state index contributed by atoms with van der Waals surface area (Å²) in [5.74, 6) is -1.44. The Labute approximate surface area is 689 Å². The summed E-state index contributed by atoms with van der Waals surface area (Å²) in [6, 6.07) is 11.5. The van der Waals surface area contributed by atoms with E-state index in [1.54, 1.807) is 35.9 Å². The van der Waals surface area contributed by atoms with Crippen LogP contribution in [0.25, 0.3) is 10.9 Å². The maximum atomic E-state index is 11.8. The van der Waals surface area contributed by atoms with Gasteiger partial charge in [-0.25, -0.2) is 20.5 Å². The number of amides is 2. The molecule has 7 saturated heterocycles. The van der Waals surface area contributed by atoms with Crippen molar-refractivity contribution in [1.29, 1.82) is 5.41 Å². The average molecular weight is 1800 g/mol. The van der Waals surface area contributed by atoms with Crippen molar-refractivity contribution in [2.75, 3.05) is 46.2 Å². The molecular formula is C63H99Cl2N13O43. The average Bonchev–Trinajstić information content (AvgIpc) is 1.37. The predicted molar refractivity (Wildman–Crippen MR) is 390 cm³/mol. The molecule has 0 unspecified atom stereocenters. The molecule has 2 aromatic carbocycles. The van der Waals surface area contributed by atoms with Gasteiger partial charge < -0.3 is 212 Å². The molecule has 7 aliphatic heterocycles. The highest BCUT2D eigenvalue weighted by Crippen LogP contribution is 2.38. The number of urea groups is 1. The Morgan fingerprint density at radius 2 is 0.893 bits per heavy atom. The molecule has 2 amide bonds. The van der Waals surface area contributed by atoms with Gasteiger partial charge in [0.25, 0.3) is 5.09 Å². The fourth-order valence-corrected chi connectivity index (χ4v) is 12.8. The topological polar surface area (TPSA) is 930 Å². The van der Waals surface area contributed by atoms with Gasteiger partial charge in [0.2, 0.25) is 11.9 Å². The number of benzene rings is 2. The lowest BCUT2D eigenvalue weighted by molar-refractivity contribution is -0.742. The SMILES string of the molecule is CC(/C=N/NC(=N)N)=N\N=C(N)N.NC(=O)NO.O=C(O)c1nn(Cc2ccc(Cl)cc2Cl)c2ccccc12.O=[N+]([O-])O.OC[C@H]1O[C@@H](OC[C@H]2O[C@@H](O)[C@H](O)[C@@H](O[C@@H]3O[C@H](CO)[C@@H](O)[C@H](O[C@@H]4O[C@H](CO)[C@@H](O)[C@H](O[C@@H]5O[C@H](CO[C@@H]6O[C@H](CO)[C@@H](O)[C@H](O)[C@H]6O)[C@@H](O)[C@H](O[C@@H]6O[C@H](CO)[C@@H](O)[C@H](O)[C@H]6O)[C@H]5O)[C@H]4O)[C@H]3O)[C@@H]2O)[C@H](O)[C@@H](O)[C@@H]1O. The van der Waals surface area contributed by atoms with Gasteiger partial charge in [-0.2, -0.15) is 15.3 Å². The molecule has 0 radical (unpaired) electrons. The minimum absolute atomic E-state index is 0.0377. The molecule has 3 aromatic rings. The van der Waals surface area contributed by atoms with Crippen LogP contribution >= 0.6 is 23.2 Å². The van der Waals surface area contributed by atoms with E-state index in [2.05, 4.69) is 31.6 Å². The van der Waals surface area contributed by atoms with Crippen LogP contribution in [0.3, 0.4) is 0 Å². The Morgan fingerprint density at radius 1 is 0.537 bits per heavy atom. The van der Waals surface area contributed by atoms with Gasteiger partial charge in [0.05, 0.1) is 70.2 Å². The molecule has 37 N–H and O–H groups in total. The summed E-state index contributed by atoms with van der Waals surface area (Å²) < 4.78 is 73.7.